The van der Waals surface area contributed by atoms with Gasteiger partial charge in [-0.05, 0) is 31.2 Å². The third-order valence-corrected chi connectivity index (χ3v) is 4.42. The molecule has 0 fully saturated rings. The van der Waals surface area contributed by atoms with Crippen molar-refractivity contribution in [1.82, 2.24) is 9.55 Å². The van der Waals surface area contributed by atoms with E-state index in [0.717, 1.165) is 0 Å². The first-order valence-electron chi connectivity index (χ1n) is 9.19. The molecule has 8 nitrogen and oxygen atoms in total. The second kappa shape index (κ2) is 9.13. The summed E-state index contributed by atoms with van der Waals surface area (Å²) in [6.07, 6.45) is 0. The number of methoxy groups -OCH3 is 3. The zero-order valence-electron chi connectivity index (χ0n) is 17.3. The van der Waals surface area contributed by atoms with Crippen LogP contribution in [0.25, 0.3) is 11.4 Å². The lowest BCUT2D eigenvalue weighted by molar-refractivity contribution is -0.116. The fraction of sp³-hybridized carbons (Fsp3) is 0.227. The molecule has 0 radical (unpaired) electrons. The maximum atomic E-state index is 12.7. The molecule has 1 aromatic heterocycles. The molecule has 0 aliphatic heterocycles. The third-order valence-electron chi connectivity index (χ3n) is 4.42. The van der Waals surface area contributed by atoms with Gasteiger partial charge in [0, 0.05) is 41.2 Å². The summed E-state index contributed by atoms with van der Waals surface area (Å²) >= 11 is 0. The molecule has 0 bridgehead atoms. The number of hydrogen-bond acceptors (Lipinski definition) is 6. The van der Waals surface area contributed by atoms with E-state index in [-0.39, 0.29) is 18.0 Å². The van der Waals surface area contributed by atoms with Gasteiger partial charge in [0.2, 0.25) is 5.91 Å². The van der Waals surface area contributed by atoms with Crippen molar-refractivity contribution in [3.05, 3.63) is 64.6 Å². The van der Waals surface area contributed by atoms with Crippen molar-refractivity contribution in [2.45, 2.75) is 13.5 Å². The van der Waals surface area contributed by atoms with Gasteiger partial charge >= 0.3 is 0 Å². The molecule has 156 valence electrons. The van der Waals surface area contributed by atoms with Crippen molar-refractivity contribution in [2.75, 3.05) is 26.6 Å². The van der Waals surface area contributed by atoms with Crippen LogP contribution in [0.3, 0.4) is 0 Å². The first-order chi connectivity index (χ1) is 14.4. The number of ether oxygens (including phenoxy) is 3. The Labute approximate surface area is 174 Å². The third kappa shape index (κ3) is 4.78. The van der Waals surface area contributed by atoms with Crippen LogP contribution in [0.2, 0.25) is 0 Å². The van der Waals surface area contributed by atoms with E-state index in [9.17, 15) is 9.59 Å². The second-order valence-corrected chi connectivity index (χ2v) is 6.52. The first kappa shape index (κ1) is 20.9. The molecule has 0 aliphatic rings. The zero-order chi connectivity index (χ0) is 21.7. The van der Waals surface area contributed by atoms with Crippen molar-refractivity contribution in [2.24, 2.45) is 0 Å². The number of carbonyl (C=O) groups excluding carboxylic acids is 1. The Morgan fingerprint density at radius 2 is 1.53 bits per heavy atom. The largest absolute Gasteiger partial charge is 0.497 e. The molecule has 0 unspecified atom stereocenters. The number of anilines is 1. The van der Waals surface area contributed by atoms with Gasteiger partial charge in [0.05, 0.1) is 21.3 Å². The van der Waals surface area contributed by atoms with Crippen molar-refractivity contribution >= 4 is 11.6 Å². The second-order valence-electron chi connectivity index (χ2n) is 6.52. The molecule has 0 atom stereocenters. The molecule has 1 heterocycles. The standard InChI is InChI=1S/C22H23N3O5/c1-14-9-21(27)25(22(23-14)15-5-7-17(28-2)8-6-15)13-20(26)24-16-10-18(29-3)12-19(11-16)30-4/h5-12H,13H2,1-4H3,(H,24,26). The molecule has 30 heavy (non-hydrogen) atoms. The van der Waals surface area contributed by atoms with Gasteiger partial charge in [0.1, 0.15) is 29.6 Å². The zero-order valence-corrected chi connectivity index (χ0v) is 17.3. The topological polar surface area (TPSA) is 91.7 Å². The van der Waals surface area contributed by atoms with Crippen molar-refractivity contribution in [3.8, 4) is 28.6 Å². The number of aryl methyl sites for hydroxylation is 1. The monoisotopic (exact) mass is 409 g/mol. The lowest BCUT2D eigenvalue weighted by Crippen LogP contribution is -2.29. The number of aromatic nitrogens is 2. The normalized spacial score (nSPS) is 10.4. The van der Waals surface area contributed by atoms with E-state index in [1.54, 1.807) is 56.5 Å². The van der Waals surface area contributed by atoms with E-state index in [4.69, 9.17) is 14.2 Å². The molecular weight excluding hydrogens is 386 g/mol. The van der Waals surface area contributed by atoms with Crippen LogP contribution in [-0.2, 0) is 11.3 Å². The number of nitrogens with one attached hydrogen (secondary N) is 1. The van der Waals surface area contributed by atoms with Crippen LogP contribution < -0.4 is 25.1 Å². The van der Waals surface area contributed by atoms with Gasteiger partial charge in [-0.1, -0.05) is 0 Å². The number of rotatable bonds is 7. The molecule has 1 N–H and O–H groups in total. The van der Waals surface area contributed by atoms with Gasteiger partial charge in [-0.25, -0.2) is 4.98 Å². The molecule has 3 aromatic rings. The van der Waals surface area contributed by atoms with Crippen LogP contribution in [-0.4, -0.2) is 36.8 Å². The summed E-state index contributed by atoms with van der Waals surface area (Å²) in [7, 11) is 4.63. The summed E-state index contributed by atoms with van der Waals surface area (Å²) in [6.45, 7) is 1.54. The van der Waals surface area contributed by atoms with Crippen molar-refractivity contribution < 1.29 is 19.0 Å². The highest BCUT2D eigenvalue weighted by Gasteiger charge is 2.14. The van der Waals surface area contributed by atoms with Crippen molar-refractivity contribution in [3.63, 3.8) is 0 Å². The molecule has 3 rings (SSSR count). The molecule has 2 aromatic carbocycles. The maximum absolute atomic E-state index is 12.7. The summed E-state index contributed by atoms with van der Waals surface area (Å²) in [5.41, 5.74) is 1.45. The van der Waals surface area contributed by atoms with Crippen LogP contribution in [0.1, 0.15) is 5.69 Å². The number of benzene rings is 2. The predicted octanol–water partition coefficient (Wildman–Crippen LogP) is 2.88. The van der Waals surface area contributed by atoms with Crippen molar-refractivity contribution in [1.29, 1.82) is 0 Å². The Morgan fingerprint density at radius 3 is 2.10 bits per heavy atom. The van der Waals surface area contributed by atoms with Gasteiger partial charge in [0.25, 0.3) is 5.56 Å². The Kier molecular flexibility index (Phi) is 6.36. The van der Waals surface area contributed by atoms with E-state index >= 15 is 0 Å². The maximum Gasteiger partial charge on any atom is 0.254 e. The molecule has 1 amide bonds. The fourth-order valence-electron chi connectivity index (χ4n) is 2.96. The highest BCUT2D eigenvalue weighted by molar-refractivity contribution is 5.91. The first-order valence-corrected chi connectivity index (χ1v) is 9.19. The predicted molar refractivity (Wildman–Crippen MR) is 113 cm³/mol. The Bertz CT molecular complexity index is 1080. The Morgan fingerprint density at radius 1 is 0.933 bits per heavy atom. The minimum atomic E-state index is -0.382. The van der Waals surface area contributed by atoms with Crippen LogP contribution >= 0.6 is 0 Å². The highest BCUT2D eigenvalue weighted by Crippen LogP contribution is 2.26. The van der Waals surface area contributed by atoms with E-state index in [2.05, 4.69) is 10.3 Å². The lowest BCUT2D eigenvalue weighted by Gasteiger charge is -2.14. The molecule has 0 spiro atoms. The highest BCUT2D eigenvalue weighted by atomic mass is 16.5. The number of hydrogen-bond donors (Lipinski definition) is 1. The quantitative estimate of drug-likeness (QED) is 0.645. The van der Waals surface area contributed by atoms with Crippen LogP contribution in [0.15, 0.2) is 53.3 Å². The van der Waals surface area contributed by atoms with Crippen LogP contribution in [0.4, 0.5) is 5.69 Å². The number of nitrogens with zero attached hydrogens (tertiary/aromatic N) is 2. The van der Waals surface area contributed by atoms with E-state index in [0.29, 0.717) is 40.0 Å². The minimum Gasteiger partial charge on any atom is -0.497 e. The fourth-order valence-corrected chi connectivity index (χ4v) is 2.96. The summed E-state index contributed by atoms with van der Waals surface area (Å²) < 4.78 is 16.9. The van der Waals surface area contributed by atoms with Gasteiger partial charge in [-0.15, -0.1) is 0 Å². The van der Waals surface area contributed by atoms with Crippen LogP contribution in [0.5, 0.6) is 17.2 Å². The summed E-state index contributed by atoms with van der Waals surface area (Å²) in [4.78, 5) is 29.8. The molecule has 0 aliphatic carbocycles. The molecule has 0 saturated carbocycles. The van der Waals surface area contributed by atoms with Gasteiger partial charge < -0.3 is 19.5 Å². The van der Waals surface area contributed by atoms with E-state index < -0.39 is 0 Å². The number of amides is 1. The van der Waals surface area contributed by atoms with Crippen LogP contribution in [0, 0.1) is 6.92 Å². The molecular formula is C22H23N3O5. The Hall–Kier alpha value is -3.81. The summed E-state index contributed by atoms with van der Waals surface area (Å²) in [5, 5.41) is 2.77. The SMILES string of the molecule is COc1ccc(-c2nc(C)cc(=O)n2CC(=O)Nc2cc(OC)cc(OC)c2)cc1. The minimum absolute atomic E-state index is 0.201. The lowest BCUT2D eigenvalue weighted by atomic mass is 10.2. The van der Waals surface area contributed by atoms with Gasteiger partial charge in [0.15, 0.2) is 0 Å². The number of carbonyl (C=O) groups is 1. The average molecular weight is 409 g/mol. The Balaban J connectivity index is 1.91. The smallest absolute Gasteiger partial charge is 0.254 e. The average Bonchev–Trinajstić information content (AvgIpc) is 2.75. The summed E-state index contributed by atoms with van der Waals surface area (Å²) in [5.74, 6) is 1.79. The van der Waals surface area contributed by atoms with E-state index in [1.807, 2.05) is 0 Å². The summed E-state index contributed by atoms with van der Waals surface area (Å²) in [6, 6.07) is 13.6. The molecule has 8 heteroatoms. The van der Waals surface area contributed by atoms with E-state index in [1.165, 1.54) is 24.9 Å². The van der Waals surface area contributed by atoms with Gasteiger partial charge in [-0.3, -0.25) is 14.2 Å². The molecule has 0 saturated heterocycles. The van der Waals surface area contributed by atoms with Gasteiger partial charge in [-0.2, -0.15) is 0 Å².